The van der Waals surface area contributed by atoms with Crippen molar-refractivity contribution in [2.45, 2.75) is 18.9 Å². The van der Waals surface area contributed by atoms with Gasteiger partial charge >= 0.3 is 5.97 Å². The SMILES string of the molecule is COC(=O)[C@@H](Cc1ccccc1)n1c(Cc2ccccc2)nnc1-c1ccccn1. The molecule has 2 heterocycles. The first-order valence-electron chi connectivity index (χ1n) is 9.77. The fourth-order valence-electron chi connectivity index (χ4n) is 3.47. The Morgan fingerprint density at radius 1 is 0.900 bits per heavy atom. The first kappa shape index (κ1) is 19.5. The molecule has 30 heavy (non-hydrogen) atoms. The Kier molecular flexibility index (Phi) is 5.94. The Hall–Kier alpha value is -3.80. The predicted octanol–water partition coefficient (Wildman–Crippen LogP) is 3.89. The molecule has 0 amide bonds. The van der Waals surface area contributed by atoms with Gasteiger partial charge in [0.2, 0.25) is 0 Å². The molecule has 0 unspecified atom stereocenters. The van der Waals surface area contributed by atoms with Gasteiger partial charge in [0, 0.05) is 19.0 Å². The summed E-state index contributed by atoms with van der Waals surface area (Å²) < 4.78 is 7.04. The molecule has 0 saturated carbocycles. The minimum atomic E-state index is -0.608. The fourth-order valence-corrected chi connectivity index (χ4v) is 3.47. The van der Waals surface area contributed by atoms with Gasteiger partial charge in [-0.05, 0) is 23.3 Å². The van der Waals surface area contributed by atoms with Crippen molar-refractivity contribution >= 4 is 5.97 Å². The van der Waals surface area contributed by atoms with Crippen molar-refractivity contribution in [1.82, 2.24) is 19.7 Å². The summed E-state index contributed by atoms with van der Waals surface area (Å²) in [5, 5.41) is 8.84. The van der Waals surface area contributed by atoms with Gasteiger partial charge in [-0.15, -0.1) is 10.2 Å². The highest BCUT2D eigenvalue weighted by molar-refractivity contribution is 5.75. The van der Waals surface area contributed by atoms with Crippen LogP contribution in [-0.4, -0.2) is 32.8 Å². The third-order valence-corrected chi connectivity index (χ3v) is 4.92. The van der Waals surface area contributed by atoms with E-state index in [0.29, 0.717) is 30.2 Å². The smallest absolute Gasteiger partial charge is 0.329 e. The molecule has 6 heteroatoms. The lowest BCUT2D eigenvalue weighted by Gasteiger charge is -2.20. The van der Waals surface area contributed by atoms with Crippen molar-refractivity contribution in [3.05, 3.63) is 102 Å². The van der Waals surface area contributed by atoms with Crippen molar-refractivity contribution in [2.75, 3.05) is 7.11 Å². The van der Waals surface area contributed by atoms with E-state index >= 15 is 0 Å². The molecular formula is C24H22N4O2. The van der Waals surface area contributed by atoms with Gasteiger partial charge in [0.05, 0.1) is 7.11 Å². The monoisotopic (exact) mass is 398 g/mol. The largest absolute Gasteiger partial charge is 0.467 e. The number of carbonyl (C=O) groups is 1. The lowest BCUT2D eigenvalue weighted by Crippen LogP contribution is -2.26. The van der Waals surface area contributed by atoms with E-state index in [1.807, 2.05) is 83.4 Å². The van der Waals surface area contributed by atoms with Crippen molar-refractivity contribution in [3.8, 4) is 11.5 Å². The van der Waals surface area contributed by atoms with E-state index in [1.165, 1.54) is 7.11 Å². The first-order valence-corrected chi connectivity index (χ1v) is 9.77. The zero-order valence-corrected chi connectivity index (χ0v) is 16.7. The maximum Gasteiger partial charge on any atom is 0.329 e. The summed E-state index contributed by atoms with van der Waals surface area (Å²) in [5.41, 5.74) is 2.77. The van der Waals surface area contributed by atoms with E-state index in [0.717, 1.165) is 11.1 Å². The zero-order valence-electron chi connectivity index (χ0n) is 16.7. The third kappa shape index (κ3) is 4.27. The van der Waals surface area contributed by atoms with Gasteiger partial charge in [0.25, 0.3) is 0 Å². The molecule has 2 aromatic heterocycles. The molecule has 0 spiro atoms. The van der Waals surface area contributed by atoms with E-state index in [-0.39, 0.29) is 5.97 Å². The molecule has 1 atom stereocenters. The van der Waals surface area contributed by atoms with Crippen LogP contribution in [0, 0.1) is 0 Å². The number of methoxy groups -OCH3 is 1. The minimum Gasteiger partial charge on any atom is -0.467 e. The molecule has 0 aliphatic rings. The van der Waals surface area contributed by atoms with Crippen molar-refractivity contribution in [1.29, 1.82) is 0 Å². The molecule has 2 aromatic carbocycles. The topological polar surface area (TPSA) is 69.9 Å². The molecule has 4 rings (SSSR count). The van der Waals surface area contributed by atoms with Crippen LogP contribution in [-0.2, 0) is 22.4 Å². The summed E-state index contributed by atoms with van der Waals surface area (Å²) in [6.07, 6.45) is 2.71. The second-order valence-electron chi connectivity index (χ2n) is 6.92. The summed E-state index contributed by atoms with van der Waals surface area (Å²) in [6.45, 7) is 0. The van der Waals surface area contributed by atoms with Crippen molar-refractivity contribution in [3.63, 3.8) is 0 Å². The molecule has 150 valence electrons. The summed E-state index contributed by atoms with van der Waals surface area (Å²) in [7, 11) is 1.40. The second kappa shape index (κ2) is 9.13. The lowest BCUT2D eigenvalue weighted by atomic mass is 10.0. The second-order valence-corrected chi connectivity index (χ2v) is 6.92. The molecule has 0 aliphatic carbocycles. The van der Waals surface area contributed by atoms with Crippen LogP contribution in [0.5, 0.6) is 0 Å². The number of benzene rings is 2. The van der Waals surface area contributed by atoms with Gasteiger partial charge < -0.3 is 4.74 Å². The van der Waals surface area contributed by atoms with E-state index in [1.54, 1.807) is 6.20 Å². The summed E-state index contributed by atoms with van der Waals surface area (Å²) >= 11 is 0. The van der Waals surface area contributed by atoms with Crippen LogP contribution >= 0.6 is 0 Å². The highest BCUT2D eigenvalue weighted by Crippen LogP contribution is 2.26. The van der Waals surface area contributed by atoms with E-state index < -0.39 is 6.04 Å². The number of esters is 1. The molecule has 0 radical (unpaired) electrons. The number of ether oxygens (including phenoxy) is 1. The number of aromatic nitrogens is 4. The molecule has 0 saturated heterocycles. The van der Waals surface area contributed by atoms with Crippen LogP contribution < -0.4 is 0 Å². The summed E-state index contributed by atoms with van der Waals surface area (Å²) in [5.74, 6) is 0.895. The van der Waals surface area contributed by atoms with Gasteiger partial charge in [0.15, 0.2) is 5.82 Å². The Labute approximate surface area is 175 Å². The number of hydrogen-bond donors (Lipinski definition) is 0. The maximum absolute atomic E-state index is 12.9. The molecular weight excluding hydrogens is 376 g/mol. The van der Waals surface area contributed by atoms with Crippen LogP contribution in [0.25, 0.3) is 11.5 Å². The molecule has 6 nitrogen and oxygen atoms in total. The van der Waals surface area contributed by atoms with Crippen molar-refractivity contribution in [2.24, 2.45) is 0 Å². The lowest BCUT2D eigenvalue weighted by molar-refractivity contribution is -0.144. The Bertz CT molecular complexity index is 1100. The van der Waals surface area contributed by atoms with Crippen LogP contribution in [0.2, 0.25) is 0 Å². The molecule has 0 aliphatic heterocycles. The normalized spacial score (nSPS) is 11.8. The van der Waals surface area contributed by atoms with E-state index in [2.05, 4.69) is 15.2 Å². The van der Waals surface area contributed by atoms with Crippen molar-refractivity contribution < 1.29 is 9.53 Å². The molecule has 4 aromatic rings. The Morgan fingerprint density at radius 2 is 1.57 bits per heavy atom. The summed E-state index contributed by atoms with van der Waals surface area (Å²) in [4.78, 5) is 17.3. The van der Waals surface area contributed by atoms with Gasteiger partial charge in [-0.25, -0.2) is 4.79 Å². The predicted molar refractivity (Wildman–Crippen MR) is 114 cm³/mol. The van der Waals surface area contributed by atoms with E-state index in [9.17, 15) is 4.79 Å². The zero-order chi connectivity index (χ0) is 20.8. The number of carbonyl (C=O) groups excluding carboxylic acids is 1. The van der Waals surface area contributed by atoms with Crippen LogP contribution in [0.3, 0.4) is 0 Å². The number of rotatable bonds is 7. The summed E-state index contributed by atoms with van der Waals surface area (Å²) in [6, 6.07) is 24.9. The maximum atomic E-state index is 12.9. The van der Waals surface area contributed by atoms with Gasteiger partial charge in [-0.3, -0.25) is 9.55 Å². The van der Waals surface area contributed by atoms with E-state index in [4.69, 9.17) is 4.74 Å². The fraction of sp³-hybridized carbons (Fsp3) is 0.167. The molecule has 0 bridgehead atoms. The number of nitrogens with zero attached hydrogens (tertiary/aromatic N) is 4. The van der Waals surface area contributed by atoms with Gasteiger partial charge in [-0.2, -0.15) is 0 Å². The van der Waals surface area contributed by atoms with Gasteiger partial charge in [-0.1, -0.05) is 66.7 Å². The molecule has 0 fully saturated rings. The highest BCUT2D eigenvalue weighted by Gasteiger charge is 2.29. The van der Waals surface area contributed by atoms with Crippen LogP contribution in [0.1, 0.15) is 23.0 Å². The average Bonchev–Trinajstić information content (AvgIpc) is 3.22. The first-order chi connectivity index (χ1) is 14.8. The number of pyridine rings is 1. The van der Waals surface area contributed by atoms with Crippen LogP contribution in [0.15, 0.2) is 85.1 Å². The van der Waals surface area contributed by atoms with Crippen LogP contribution in [0.4, 0.5) is 0 Å². The highest BCUT2D eigenvalue weighted by atomic mass is 16.5. The Balaban J connectivity index is 1.82. The number of hydrogen-bond acceptors (Lipinski definition) is 5. The van der Waals surface area contributed by atoms with Gasteiger partial charge in [0.1, 0.15) is 17.6 Å². The standard InChI is InChI=1S/C24H22N4O2/c1-30-24(29)21(16-18-10-4-2-5-11-18)28-22(17-19-12-6-3-7-13-19)26-27-23(28)20-14-8-9-15-25-20/h2-15,21H,16-17H2,1H3/t21-/m1/s1. The molecule has 0 N–H and O–H groups in total. The minimum absolute atomic E-state index is 0.342. The quantitative estimate of drug-likeness (QED) is 0.442. The Morgan fingerprint density at radius 3 is 2.20 bits per heavy atom. The average molecular weight is 398 g/mol. The third-order valence-electron chi connectivity index (χ3n) is 4.92.